The number of rotatable bonds is 3. The number of hydrogen-bond acceptors (Lipinski definition) is 5. The van der Waals surface area contributed by atoms with Gasteiger partial charge in [-0.15, -0.1) is 0 Å². The monoisotopic (exact) mass is 400 g/mol. The van der Waals surface area contributed by atoms with Crippen molar-refractivity contribution in [3.63, 3.8) is 0 Å². The lowest BCUT2D eigenvalue weighted by atomic mass is 10.00. The summed E-state index contributed by atoms with van der Waals surface area (Å²) in [6.07, 6.45) is -2.65. The van der Waals surface area contributed by atoms with E-state index in [0.29, 0.717) is 26.1 Å². The Balaban J connectivity index is 1.77. The van der Waals surface area contributed by atoms with Crippen LogP contribution in [0, 0.1) is 0 Å². The Morgan fingerprint density at radius 2 is 2.00 bits per heavy atom. The fourth-order valence-electron chi connectivity index (χ4n) is 3.86. The molecule has 2 fully saturated rings. The molecule has 156 valence electrons. The van der Waals surface area contributed by atoms with Gasteiger partial charge < -0.3 is 9.64 Å². The molecule has 28 heavy (non-hydrogen) atoms. The first-order valence-corrected chi connectivity index (χ1v) is 9.44. The van der Waals surface area contributed by atoms with Gasteiger partial charge in [0.05, 0.1) is 13.2 Å². The van der Waals surface area contributed by atoms with E-state index in [1.165, 1.54) is 4.90 Å². The number of ether oxygens (including phenoxy) is 1. The molecule has 1 aromatic rings. The Morgan fingerprint density at radius 3 is 2.61 bits per heavy atom. The highest BCUT2D eigenvalue weighted by atomic mass is 19.4. The second-order valence-electron chi connectivity index (χ2n) is 8.40. The van der Waals surface area contributed by atoms with Crippen molar-refractivity contribution in [3.05, 3.63) is 30.1 Å². The summed E-state index contributed by atoms with van der Waals surface area (Å²) < 4.78 is 44.8. The Labute approximate surface area is 163 Å². The van der Waals surface area contributed by atoms with Gasteiger partial charge in [-0.1, -0.05) is 6.07 Å². The topological polar surface area (TPSA) is 48.9 Å². The van der Waals surface area contributed by atoms with Crippen LogP contribution in [0.2, 0.25) is 0 Å². The van der Waals surface area contributed by atoms with E-state index < -0.39 is 24.4 Å². The van der Waals surface area contributed by atoms with Gasteiger partial charge in [-0.3, -0.25) is 14.8 Å². The summed E-state index contributed by atoms with van der Waals surface area (Å²) in [6.45, 7) is 5.98. The van der Waals surface area contributed by atoms with Crippen LogP contribution in [0.4, 0.5) is 18.0 Å². The molecule has 3 heterocycles. The summed E-state index contributed by atoms with van der Waals surface area (Å²) >= 11 is 0. The standard InChI is InChI=1S/C19H27F3N4O2/c1-18(2,3)28-17(27)24-8-9-25-13-26(12-19(20,21)22)15(16(25)11-24)10-14-6-4-5-7-23-14/h4-7,15-16H,8-13H2,1-3H3. The molecule has 9 heteroatoms. The third-order valence-electron chi connectivity index (χ3n) is 4.99. The zero-order chi connectivity index (χ0) is 20.5. The second-order valence-corrected chi connectivity index (χ2v) is 8.40. The van der Waals surface area contributed by atoms with Gasteiger partial charge in [-0.25, -0.2) is 4.79 Å². The summed E-state index contributed by atoms with van der Waals surface area (Å²) in [5, 5.41) is 0. The van der Waals surface area contributed by atoms with E-state index in [1.54, 1.807) is 37.9 Å². The first kappa shape index (κ1) is 20.9. The van der Waals surface area contributed by atoms with Crippen molar-refractivity contribution in [2.45, 2.75) is 51.1 Å². The number of pyridine rings is 1. The molecule has 0 bridgehead atoms. The quantitative estimate of drug-likeness (QED) is 0.781. The fourth-order valence-corrected chi connectivity index (χ4v) is 3.86. The summed E-state index contributed by atoms with van der Waals surface area (Å²) in [4.78, 5) is 21.8. The average molecular weight is 400 g/mol. The third-order valence-corrected chi connectivity index (χ3v) is 4.99. The third kappa shape index (κ3) is 5.35. The van der Waals surface area contributed by atoms with Crippen molar-refractivity contribution in [1.29, 1.82) is 0 Å². The minimum atomic E-state index is -4.28. The largest absolute Gasteiger partial charge is 0.444 e. The van der Waals surface area contributed by atoms with Gasteiger partial charge in [0.15, 0.2) is 0 Å². The van der Waals surface area contributed by atoms with Crippen LogP contribution in [0.5, 0.6) is 0 Å². The summed E-state index contributed by atoms with van der Waals surface area (Å²) in [7, 11) is 0. The van der Waals surface area contributed by atoms with Crippen molar-refractivity contribution >= 4 is 6.09 Å². The van der Waals surface area contributed by atoms with E-state index >= 15 is 0 Å². The van der Waals surface area contributed by atoms with Crippen LogP contribution in [0.25, 0.3) is 0 Å². The maximum atomic E-state index is 13.1. The highest BCUT2D eigenvalue weighted by Crippen LogP contribution is 2.30. The van der Waals surface area contributed by atoms with Crippen molar-refractivity contribution < 1.29 is 22.7 Å². The first-order chi connectivity index (χ1) is 13.0. The number of amides is 1. The normalized spacial score (nSPS) is 24.3. The molecular formula is C19H27F3N4O2. The molecule has 2 unspecified atom stereocenters. The first-order valence-electron chi connectivity index (χ1n) is 9.44. The van der Waals surface area contributed by atoms with Gasteiger partial charge in [-0.05, 0) is 32.9 Å². The zero-order valence-corrected chi connectivity index (χ0v) is 16.4. The summed E-state index contributed by atoms with van der Waals surface area (Å²) in [5.74, 6) is 0. The number of carbonyl (C=O) groups excluding carboxylic acids is 1. The van der Waals surface area contributed by atoms with Gasteiger partial charge in [0.1, 0.15) is 5.60 Å². The number of halogens is 3. The molecule has 1 amide bonds. The molecule has 0 aliphatic carbocycles. The molecule has 0 aromatic carbocycles. The minimum Gasteiger partial charge on any atom is -0.444 e. The van der Waals surface area contributed by atoms with Crippen LogP contribution in [0.3, 0.4) is 0 Å². The van der Waals surface area contributed by atoms with E-state index in [-0.39, 0.29) is 18.8 Å². The Bertz CT molecular complexity index is 678. The van der Waals surface area contributed by atoms with Gasteiger partial charge in [0.25, 0.3) is 0 Å². The highest BCUT2D eigenvalue weighted by Gasteiger charge is 2.47. The van der Waals surface area contributed by atoms with Gasteiger partial charge in [-0.2, -0.15) is 13.2 Å². The smallest absolute Gasteiger partial charge is 0.410 e. The Morgan fingerprint density at radius 1 is 1.25 bits per heavy atom. The van der Waals surface area contributed by atoms with E-state index in [0.717, 1.165) is 5.69 Å². The second kappa shape index (κ2) is 7.87. The van der Waals surface area contributed by atoms with E-state index in [1.807, 2.05) is 17.0 Å². The number of alkyl halides is 3. The maximum Gasteiger partial charge on any atom is 0.410 e. The molecule has 1 aromatic heterocycles. The van der Waals surface area contributed by atoms with E-state index in [2.05, 4.69) is 4.98 Å². The molecular weight excluding hydrogens is 373 g/mol. The number of hydrogen-bond donors (Lipinski definition) is 0. The zero-order valence-electron chi connectivity index (χ0n) is 16.4. The molecule has 2 atom stereocenters. The Kier molecular flexibility index (Phi) is 5.86. The van der Waals surface area contributed by atoms with E-state index in [4.69, 9.17) is 4.74 Å². The SMILES string of the molecule is CC(C)(C)OC(=O)N1CCN2CN(CC(F)(F)F)C(Cc3ccccn3)C2C1. The predicted molar refractivity (Wildman–Crippen MR) is 97.7 cm³/mol. The molecule has 0 N–H and O–H groups in total. The Hall–Kier alpha value is -1.87. The summed E-state index contributed by atoms with van der Waals surface area (Å²) in [6, 6.07) is 4.87. The lowest BCUT2D eigenvalue weighted by molar-refractivity contribution is -0.148. The molecule has 2 aliphatic rings. The molecule has 6 nitrogen and oxygen atoms in total. The predicted octanol–water partition coefficient (Wildman–Crippen LogP) is 2.75. The minimum absolute atomic E-state index is 0.189. The lowest BCUT2D eigenvalue weighted by Gasteiger charge is -2.39. The highest BCUT2D eigenvalue weighted by molar-refractivity contribution is 5.68. The van der Waals surface area contributed by atoms with Crippen LogP contribution < -0.4 is 0 Å². The van der Waals surface area contributed by atoms with Crippen molar-refractivity contribution in [3.8, 4) is 0 Å². The molecule has 2 aliphatic heterocycles. The maximum absolute atomic E-state index is 13.1. The lowest BCUT2D eigenvalue weighted by Crippen LogP contribution is -2.56. The van der Waals surface area contributed by atoms with Crippen molar-refractivity contribution in [2.24, 2.45) is 0 Å². The number of piperazine rings is 1. The molecule has 0 radical (unpaired) electrons. The fraction of sp³-hybridized carbons (Fsp3) is 0.684. The molecule has 2 saturated heterocycles. The number of nitrogens with zero attached hydrogens (tertiary/aromatic N) is 4. The number of fused-ring (bicyclic) bond motifs is 1. The van der Waals surface area contributed by atoms with Crippen molar-refractivity contribution in [2.75, 3.05) is 32.8 Å². The van der Waals surface area contributed by atoms with Crippen LogP contribution in [-0.4, -0.2) is 82.5 Å². The van der Waals surface area contributed by atoms with Crippen molar-refractivity contribution in [1.82, 2.24) is 19.7 Å². The number of aromatic nitrogens is 1. The van der Waals surface area contributed by atoms with Gasteiger partial charge >= 0.3 is 12.3 Å². The number of carbonyl (C=O) groups is 1. The van der Waals surface area contributed by atoms with Gasteiger partial charge in [0, 0.05) is 50.0 Å². The van der Waals surface area contributed by atoms with Gasteiger partial charge in [0.2, 0.25) is 0 Å². The molecule has 0 spiro atoms. The van der Waals surface area contributed by atoms with Crippen LogP contribution >= 0.6 is 0 Å². The summed E-state index contributed by atoms with van der Waals surface area (Å²) in [5.41, 5.74) is 0.135. The van der Waals surface area contributed by atoms with E-state index in [9.17, 15) is 18.0 Å². The average Bonchev–Trinajstić information content (AvgIpc) is 2.89. The van der Waals surface area contributed by atoms with Crippen LogP contribution in [0.15, 0.2) is 24.4 Å². The van der Waals surface area contributed by atoms with Crippen LogP contribution in [0.1, 0.15) is 26.5 Å². The molecule has 3 rings (SSSR count). The van der Waals surface area contributed by atoms with Crippen LogP contribution in [-0.2, 0) is 11.2 Å². The molecule has 0 saturated carbocycles.